The number of methoxy groups -OCH3 is 3. The first-order chi connectivity index (χ1) is 35.5. The average Bonchev–Trinajstić information content (AvgIpc) is 3.39. The lowest BCUT2D eigenvalue weighted by atomic mass is 9.78. The highest BCUT2D eigenvalue weighted by Gasteiger charge is 2.53. The molecule has 4 bridgehead atoms. The molecule has 0 spiro atoms. The molecule has 17 heteroatoms. The van der Waals surface area contributed by atoms with Gasteiger partial charge in [0.15, 0.2) is 5.78 Å². The summed E-state index contributed by atoms with van der Waals surface area (Å²) in [5, 5.41) is 36.9. The van der Waals surface area contributed by atoms with Gasteiger partial charge in [-0.25, -0.2) is 9.86 Å². The molecule has 3 N–H and O–H groups in total. The van der Waals surface area contributed by atoms with Crippen LogP contribution in [0.15, 0.2) is 53.6 Å². The number of nitrogens with zero attached hydrogens (tertiary/aromatic N) is 2. The number of aliphatic hydroxyl groups is 3. The fourth-order valence-corrected chi connectivity index (χ4v) is 12.1. The smallest absolute Gasteiger partial charge is 0.329 e. The van der Waals surface area contributed by atoms with Gasteiger partial charge in [-0.15, -0.1) is 0 Å². The second-order valence-corrected chi connectivity index (χ2v) is 22.9. The Morgan fingerprint density at radius 3 is 2.27 bits per heavy atom. The van der Waals surface area contributed by atoms with E-state index in [1.54, 1.807) is 41.1 Å². The molecule has 1 unspecified atom stereocenters. The predicted octanol–water partition coefficient (Wildman–Crippen LogP) is 7.78. The number of rotatable bonds is 7. The van der Waals surface area contributed by atoms with Crippen molar-refractivity contribution in [3.63, 3.8) is 0 Å². The van der Waals surface area contributed by atoms with Crippen LogP contribution in [0.5, 0.6) is 0 Å². The number of halogens is 1. The standard InChI is InChI=1S/C58H85ClN2O14/c1-32-27-41(17-20-44(32)59)61-45-21-19-43(75-61)28-36(5)49(70-9)30-42-18-15-39(8)58(69,74-42)55(66)56(67)60-23-13-12-14-46(60)57(68)73-50(35(4)26-40-16-22-47(62)51(29-40)71-10)31-48(63)34(3)25-38(7)53(65)54(72-11)52(64)37(6)24-33(45)2/h17,19-21,25,27-28,33-35,37,39-40,42-43,45-47,49-51,53-54,62,65,69H,12-16,18,22-24,26,29-31H2,1-11H3/b36-28+,38-25+/t33-,34+,35+,37+,39+,40-,42-,43+,45-,46?,47+,49-,50+,51+,53+,54-,58+/m0/s1. The molecule has 0 radical (unpaired) electrons. The van der Waals surface area contributed by atoms with Crippen LogP contribution < -0.4 is 5.06 Å². The van der Waals surface area contributed by atoms with E-state index >= 15 is 0 Å². The monoisotopic (exact) mass is 1070 g/mol. The molecule has 5 heterocycles. The van der Waals surface area contributed by atoms with Crippen LogP contribution in [0.1, 0.15) is 131 Å². The first-order valence-corrected chi connectivity index (χ1v) is 27.6. The number of benzene rings is 1. The molecule has 6 aliphatic rings. The summed E-state index contributed by atoms with van der Waals surface area (Å²) in [6.45, 7) is 14.6. The van der Waals surface area contributed by atoms with E-state index in [9.17, 15) is 39.3 Å². The van der Waals surface area contributed by atoms with Gasteiger partial charge in [-0.1, -0.05) is 64.4 Å². The maximum absolute atomic E-state index is 14.5. The summed E-state index contributed by atoms with van der Waals surface area (Å²) in [5.41, 5.74) is 2.76. The van der Waals surface area contributed by atoms with Crippen LogP contribution in [0.4, 0.5) is 5.69 Å². The van der Waals surface area contributed by atoms with Crippen LogP contribution in [0, 0.1) is 42.4 Å². The zero-order valence-corrected chi connectivity index (χ0v) is 46.8. The second kappa shape index (κ2) is 26.7. The third-order valence-corrected chi connectivity index (χ3v) is 17.3. The number of hydroxylamine groups is 1. The summed E-state index contributed by atoms with van der Waals surface area (Å²) in [7, 11) is 4.51. The molecular weight excluding hydrogens is 984 g/mol. The van der Waals surface area contributed by atoms with E-state index in [2.05, 4.69) is 6.08 Å². The maximum atomic E-state index is 14.5. The highest BCUT2D eigenvalue weighted by molar-refractivity contribution is 6.39. The summed E-state index contributed by atoms with van der Waals surface area (Å²) < 4.78 is 29.9. The number of ether oxygens (including phenoxy) is 5. The summed E-state index contributed by atoms with van der Waals surface area (Å²) in [4.78, 5) is 79.9. The van der Waals surface area contributed by atoms with Crippen molar-refractivity contribution in [1.29, 1.82) is 0 Å². The van der Waals surface area contributed by atoms with Crippen molar-refractivity contribution in [3.8, 4) is 0 Å². The minimum Gasteiger partial charge on any atom is -0.460 e. The SMILES string of the molecule is CO[C@H]1C[C@@H]2CC[C@@H](C)[C@@](O)(O2)C(=O)C(=O)N2CCCCC2C(=O)O[C@@H]([C@H](C)C[C@@H]2CC[C@@H](O)[C@H](OC)C2)CC(=O)[C@H](C)/C=C(\C)[C@@H](O)[C@@H](OC)C(=O)[C@H](C)C[C@H](C)[C@@H]2C=C[C@H](/C=C/1C)ON2c1ccc(Cl)c(C)c1. The molecule has 1 aromatic rings. The molecule has 7 rings (SSSR count). The highest BCUT2D eigenvalue weighted by Crippen LogP contribution is 2.39. The molecule has 418 valence electrons. The summed E-state index contributed by atoms with van der Waals surface area (Å²) in [6, 6.07) is 4.13. The largest absolute Gasteiger partial charge is 0.460 e. The summed E-state index contributed by atoms with van der Waals surface area (Å²) >= 11 is 6.49. The van der Waals surface area contributed by atoms with Gasteiger partial charge in [0.1, 0.15) is 36.2 Å². The van der Waals surface area contributed by atoms with Gasteiger partial charge in [-0.3, -0.25) is 24.0 Å². The Labute approximate surface area is 449 Å². The number of fused-ring (bicyclic) bond motifs is 16. The van der Waals surface area contributed by atoms with Crippen molar-refractivity contribution in [2.45, 2.75) is 199 Å². The molecule has 0 aromatic heterocycles. The average molecular weight is 1070 g/mol. The van der Waals surface area contributed by atoms with E-state index in [0.29, 0.717) is 68.4 Å². The predicted molar refractivity (Wildman–Crippen MR) is 283 cm³/mol. The van der Waals surface area contributed by atoms with E-state index in [-0.39, 0.29) is 67.3 Å². The molecule has 1 amide bonds. The van der Waals surface area contributed by atoms with Crippen molar-refractivity contribution in [1.82, 2.24) is 4.90 Å². The number of aliphatic hydroxyl groups excluding tert-OH is 2. The Morgan fingerprint density at radius 2 is 1.59 bits per heavy atom. The Bertz CT molecular complexity index is 2270. The molecule has 17 atom stereocenters. The number of amides is 1. The zero-order chi connectivity index (χ0) is 55.1. The normalized spacial score (nSPS) is 38.5. The number of ketones is 3. The van der Waals surface area contributed by atoms with Crippen LogP contribution in [-0.4, -0.2) is 144 Å². The number of aryl methyl sites for hydroxylation is 1. The maximum Gasteiger partial charge on any atom is 0.329 e. The van der Waals surface area contributed by atoms with Gasteiger partial charge < -0.3 is 43.9 Å². The molecule has 3 fully saturated rings. The second-order valence-electron chi connectivity index (χ2n) is 22.5. The number of hydrogen-bond donors (Lipinski definition) is 3. The Balaban J connectivity index is 1.36. The lowest BCUT2D eigenvalue weighted by Crippen LogP contribution is -2.61. The Hall–Kier alpha value is -3.84. The summed E-state index contributed by atoms with van der Waals surface area (Å²) in [6.07, 6.45) is 6.19. The fraction of sp³-hybridized carbons (Fsp3) is 0.707. The topological polar surface area (TPSA) is 208 Å². The molecule has 16 nitrogen and oxygen atoms in total. The molecule has 1 saturated carbocycles. The van der Waals surface area contributed by atoms with Crippen molar-refractivity contribution >= 4 is 46.5 Å². The van der Waals surface area contributed by atoms with Crippen LogP contribution in [0.25, 0.3) is 0 Å². The Kier molecular flexibility index (Phi) is 21.5. The lowest BCUT2D eigenvalue weighted by Gasteiger charge is -2.43. The lowest BCUT2D eigenvalue weighted by molar-refractivity contribution is -0.265. The number of anilines is 1. The Morgan fingerprint density at radius 1 is 0.853 bits per heavy atom. The van der Waals surface area contributed by atoms with Crippen molar-refractivity contribution in [2.75, 3.05) is 32.9 Å². The molecule has 75 heavy (non-hydrogen) atoms. The van der Waals surface area contributed by atoms with Crippen LogP contribution in [0.2, 0.25) is 5.02 Å². The van der Waals surface area contributed by atoms with Gasteiger partial charge in [0.2, 0.25) is 5.79 Å². The minimum atomic E-state index is -2.49. The van der Waals surface area contributed by atoms with E-state index in [1.807, 2.05) is 70.0 Å². The van der Waals surface area contributed by atoms with Crippen molar-refractivity contribution in [3.05, 3.63) is 64.2 Å². The van der Waals surface area contributed by atoms with Gasteiger partial charge in [0, 0.05) is 63.5 Å². The minimum absolute atomic E-state index is 0.0650. The van der Waals surface area contributed by atoms with Crippen molar-refractivity contribution in [2.24, 2.45) is 35.5 Å². The molecule has 1 aromatic carbocycles. The third kappa shape index (κ3) is 14.5. The zero-order valence-electron chi connectivity index (χ0n) is 46.1. The van der Waals surface area contributed by atoms with E-state index in [0.717, 1.165) is 16.8 Å². The number of piperidine rings is 1. The quantitative estimate of drug-likeness (QED) is 0.135. The van der Waals surface area contributed by atoms with Crippen LogP contribution in [0.3, 0.4) is 0 Å². The number of carbonyl (C=O) groups is 5. The van der Waals surface area contributed by atoms with Crippen LogP contribution >= 0.6 is 11.6 Å². The fourth-order valence-electron chi connectivity index (χ4n) is 12.0. The first kappa shape index (κ1) is 60.4. The van der Waals surface area contributed by atoms with E-state index < -0.39 is 90.0 Å². The number of hydrogen-bond acceptors (Lipinski definition) is 15. The number of allylic oxidation sites excluding steroid dienone is 1. The summed E-state index contributed by atoms with van der Waals surface area (Å²) in [5.74, 6) is -8.58. The number of Topliss-reactive ketones (excluding diaryl/α,β-unsaturated/α-hetero) is 3. The van der Waals surface area contributed by atoms with E-state index in [1.165, 1.54) is 12.0 Å². The van der Waals surface area contributed by atoms with Crippen LogP contribution in [-0.2, 0) is 52.5 Å². The molecule has 2 saturated heterocycles. The van der Waals surface area contributed by atoms with Gasteiger partial charge in [-0.05, 0) is 144 Å². The van der Waals surface area contributed by atoms with E-state index in [4.69, 9.17) is 40.1 Å². The van der Waals surface area contributed by atoms with Crippen molar-refractivity contribution < 1.29 is 67.8 Å². The van der Waals surface area contributed by atoms with Gasteiger partial charge in [0.05, 0.1) is 36.1 Å². The number of carbonyl (C=O) groups excluding carboxylic acids is 5. The third-order valence-electron chi connectivity index (χ3n) is 16.9. The van der Waals surface area contributed by atoms with Gasteiger partial charge >= 0.3 is 5.97 Å². The first-order valence-electron chi connectivity index (χ1n) is 27.3. The highest BCUT2D eigenvalue weighted by atomic mass is 35.5. The van der Waals surface area contributed by atoms with Gasteiger partial charge in [-0.2, -0.15) is 0 Å². The molecule has 1 aliphatic carbocycles. The number of esters is 1. The molecule has 5 aliphatic heterocycles. The molecular formula is C58H85ClN2O14. The van der Waals surface area contributed by atoms with Gasteiger partial charge in [0.25, 0.3) is 11.7 Å².